The Hall–Kier alpha value is -3.83. The van der Waals surface area contributed by atoms with Crippen molar-refractivity contribution in [2.24, 2.45) is 0 Å². The van der Waals surface area contributed by atoms with Crippen LogP contribution < -0.4 is 34.9 Å². The molecule has 0 spiro atoms. The lowest BCUT2D eigenvalue weighted by Gasteiger charge is -2.16. The highest BCUT2D eigenvalue weighted by atomic mass is 16.5. The van der Waals surface area contributed by atoms with Crippen LogP contribution in [0.15, 0.2) is 36.5 Å². The van der Waals surface area contributed by atoms with Crippen LogP contribution in [0.1, 0.15) is 6.42 Å². The number of hydrogen-bond donors (Lipinski definition) is 3. The summed E-state index contributed by atoms with van der Waals surface area (Å²) in [7, 11) is 8.10. The van der Waals surface area contributed by atoms with Crippen LogP contribution in [0.3, 0.4) is 0 Å². The first-order valence-electron chi connectivity index (χ1n) is 11.1. The van der Waals surface area contributed by atoms with Crippen molar-refractivity contribution < 1.29 is 23.7 Å². The number of anilines is 1. The van der Waals surface area contributed by atoms with Gasteiger partial charge in [-0.3, -0.25) is 4.79 Å². The molecule has 2 aromatic carbocycles. The Balaban J connectivity index is 1.89. The van der Waals surface area contributed by atoms with E-state index in [4.69, 9.17) is 18.9 Å². The van der Waals surface area contributed by atoms with E-state index in [1.165, 1.54) is 0 Å². The maximum absolute atomic E-state index is 12.5. The molecule has 0 bridgehead atoms. The lowest BCUT2D eigenvalue weighted by molar-refractivity contribution is -0.116. The van der Waals surface area contributed by atoms with Gasteiger partial charge in [-0.15, -0.1) is 5.10 Å². The summed E-state index contributed by atoms with van der Waals surface area (Å²) in [6, 6.07) is 9.07. The van der Waals surface area contributed by atoms with E-state index in [-0.39, 0.29) is 5.91 Å². The van der Waals surface area contributed by atoms with Gasteiger partial charge in [0, 0.05) is 43.8 Å². The van der Waals surface area contributed by atoms with Crippen molar-refractivity contribution in [2.45, 2.75) is 6.42 Å². The summed E-state index contributed by atoms with van der Waals surface area (Å²) < 4.78 is 23.5. The number of methoxy groups -OCH3 is 4. The number of rotatable bonds is 13. The molecule has 0 aliphatic rings. The van der Waals surface area contributed by atoms with E-state index >= 15 is 0 Å². The molecule has 0 fully saturated rings. The van der Waals surface area contributed by atoms with Gasteiger partial charge in [0.2, 0.25) is 11.7 Å². The largest absolute Gasteiger partial charge is 0.495 e. The molecule has 11 nitrogen and oxygen atoms in total. The first-order valence-corrected chi connectivity index (χ1v) is 11.1. The molecule has 1 aromatic heterocycles. The third kappa shape index (κ3) is 6.19. The van der Waals surface area contributed by atoms with Crippen molar-refractivity contribution in [3.63, 3.8) is 0 Å². The summed E-state index contributed by atoms with van der Waals surface area (Å²) in [4.78, 5) is 12.5. The fourth-order valence-electron chi connectivity index (χ4n) is 3.53. The number of nitrogens with zero attached hydrogens (tertiary/aromatic N) is 3. The molecule has 0 saturated heterocycles. The van der Waals surface area contributed by atoms with Crippen LogP contribution in [0.5, 0.6) is 23.0 Å². The molecule has 1 heterocycles. The lowest BCUT2D eigenvalue weighted by Crippen LogP contribution is -2.28. The highest BCUT2D eigenvalue weighted by molar-refractivity contribution is 5.93. The Morgan fingerprint density at radius 3 is 2.26 bits per heavy atom. The molecular weight excluding hydrogens is 452 g/mol. The van der Waals surface area contributed by atoms with E-state index in [1.54, 1.807) is 57.5 Å². The minimum atomic E-state index is -0.117. The second kappa shape index (κ2) is 12.6. The maximum atomic E-state index is 12.5. The number of carbonyl (C=O) groups is 1. The van der Waals surface area contributed by atoms with Gasteiger partial charge in [0.25, 0.3) is 0 Å². The van der Waals surface area contributed by atoms with Gasteiger partial charge in [0.1, 0.15) is 5.75 Å². The summed E-state index contributed by atoms with van der Waals surface area (Å²) in [5, 5.41) is 17.6. The highest BCUT2D eigenvalue weighted by Gasteiger charge is 2.18. The van der Waals surface area contributed by atoms with Crippen molar-refractivity contribution in [1.82, 2.24) is 25.6 Å². The van der Waals surface area contributed by atoms with Gasteiger partial charge in [0.05, 0.1) is 51.7 Å². The molecule has 188 valence electrons. The van der Waals surface area contributed by atoms with Gasteiger partial charge in [-0.2, -0.15) is 0 Å². The van der Waals surface area contributed by atoms with Crippen LogP contribution in [0.4, 0.5) is 5.69 Å². The van der Waals surface area contributed by atoms with E-state index in [0.717, 1.165) is 18.7 Å². The average Bonchev–Trinajstić information content (AvgIpc) is 3.37. The van der Waals surface area contributed by atoms with Crippen LogP contribution in [0.2, 0.25) is 0 Å². The molecule has 35 heavy (non-hydrogen) atoms. The standard InChI is InChI=1S/C24H32N6O5/c1-25-10-11-26-9-8-23(31)28-18-12-16(6-7-20(18)32-2)19-15-27-29-30(19)17-13-21(33-3)24(35-5)22(14-17)34-4/h6-7,12-15,25-26H,8-11H2,1-5H3,(H,28,31). The molecule has 3 aromatic rings. The minimum absolute atomic E-state index is 0.117. The van der Waals surface area contributed by atoms with Gasteiger partial charge in [-0.1, -0.05) is 5.21 Å². The van der Waals surface area contributed by atoms with E-state index in [9.17, 15) is 4.79 Å². The molecule has 11 heteroatoms. The molecule has 0 unspecified atom stereocenters. The number of aromatic nitrogens is 3. The predicted molar refractivity (Wildman–Crippen MR) is 133 cm³/mol. The molecule has 0 aliphatic carbocycles. The third-order valence-electron chi connectivity index (χ3n) is 5.29. The average molecular weight is 485 g/mol. The second-order valence-corrected chi connectivity index (χ2v) is 7.48. The Morgan fingerprint density at radius 2 is 1.63 bits per heavy atom. The number of amides is 1. The molecule has 3 N–H and O–H groups in total. The summed E-state index contributed by atoms with van der Waals surface area (Å²) in [6.07, 6.45) is 1.98. The molecule has 0 aliphatic heterocycles. The summed E-state index contributed by atoms with van der Waals surface area (Å²) in [5.41, 5.74) is 2.71. The fraction of sp³-hybridized carbons (Fsp3) is 0.375. The van der Waals surface area contributed by atoms with Crippen LogP contribution in [-0.4, -0.2) is 76.0 Å². The first-order chi connectivity index (χ1) is 17.1. The van der Waals surface area contributed by atoms with Crippen LogP contribution in [0, 0.1) is 0 Å². The number of nitrogens with one attached hydrogen (secondary N) is 3. The first kappa shape index (κ1) is 25.8. The van der Waals surface area contributed by atoms with Crippen LogP contribution in [0.25, 0.3) is 16.9 Å². The van der Waals surface area contributed by atoms with E-state index in [1.807, 2.05) is 19.2 Å². The van der Waals surface area contributed by atoms with E-state index < -0.39 is 0 Å². The van der Waals surface area contributed by atoms with Crippen LogP contribution >= 0.6 is 0 Å². The Bertz CT molecular complexity index is 1110. The van der Waals surface area contributed by atoms with Crippen LogP contribution in [-0.2, 0) is 4.79 Å². The van der Waals surface area contributed by atoms with Crippen molar-refractivity contribution in [3.05, 3.63) is 36.5 Å². The smallest absolute Gasteiger partial charge is 0.225 e. The quantitative estimate of drug-likeness (QED) is 0.313. The lowest BCUT2D eigenvalue weighted by atomic mass is 10.1. The Kier molecular flexibility index (Phi) is 9.27. The van der Waals surface area contributed by atoms with Gasteiger partial charge in [0.15, 0.2) is 11.5 Å². The molecule has 1 amide bonds. The zero-order valence-corrected chi connectivity index (χ0v) is 20.7. The number of hydrogen-bond acceptors (Lipinski definition) is 9. The third-order valence-corrected chi connectivity index (χ3v) is 5.29. The number of likely N-dealkylation sites (N-methyl/N-ethyl adjacent to an activating group) is 1. The van der Waals surface area contributed by atoms with Gasteiger partial charge >= 0.3 is 0 Å². The SMILES string of the molecule is CNCCNCCC(=O)Nc1cc(-c2cnnn2-c2cc(OC)c(OC)c(OC)c2)ccc1OC. The fourth-order valence-corrected chi connectivity index (χ4v) is 3.53. The molecule has 0 saturated carbocycles. The Labute approximate surface area is 204 Å². The van der Waals surface area contributed by atoms with Crippen molar-refractivity contribution in [3.8, 4) is 39.9 Å². The minimum Gasteiger partial charge on any atom is -0.495 e. The summed E-state index contributed by atoms with van der Waals surface area (Å²) in [6.45, 7) is 2.21. The zero-order chi connectivity index (χ0) is 25.2. The van der Waals surface area contributed by atoms with Crippen molar-refractivity contribution in [1.29, 1.82) is 0 Å². The predicted octanol–water partition coefficient (Wildman–Crippen LogP) is 2.11. The highest BCUT2D eigenvalue weighted by Crippen LogP contribution is 2.40. The molecule has 0 atom stereocenters. The zero-order valence-electron chi connectivity index (χ0n) is 20.7. The van der Waals surface area contributed by atoms with E-state index in [2.05, 4.69) is 26.3 Å². The number of carbonyl (C=O) groups excluding carboxylic acids is 1. The topological polar surface area (TPSA) is 121 Å². The maximum Gasteiger partial charge on any atom is 0.225 e. The summed E-state index contributed by atoms with van der Waals surface area (Å²) in [5.74, 6) is 1.91. The molecular formula is C24H32N6O5. The second-order valence-electron chi connectivity index (χ2n) is 7.48. The molecule has 0 radical (unpaired) electrons. The summed E-state index contributed by atoms with van der Waals surface area (Å²) >= 11 is 0. The van der Waals surface area contributed by atoms with Gasteiger partial charge in [-0.25, -0.2) is 4.68 Å². The van der Waals surface area contributed by atoms with Crippen molar-refractivity contribution >= 4 is 11.6 Å². The van der Waals surface area contributed by atoms with E-state index in [0.29, 0.717) is 53.0 Å². The van der Waals surface area contributed by atoms with Crippen molar-refractivity contribution in [2.75, 3.05) is 60.4 Å². The monoisotopic (exact) mass is 484 g/mol. The molecule has 3 rings (SSSR count). The van der Waals surface area contributed by atoms with Gasteiger partial charge in [-0.05, 0) is 25.2 Å². The Morgan fingerprint density at radius 1 is 0.914 bits per heavy atom. The normalized spacial score (nSPS) is 10.7. The number of benzene rings is 2. The van der Waals surface area contributed by atoms with Gasteiger partial charge < -0.3 is 34.9 Å². The number of ether oxygens (including phenoxy) is 4.